The largest absolute Gasteiger partial charge is 0.377 e. The van der Waals surface area contributed by atoms with Crippen molar-refractivity contribution in [2.45, 2.75) is 36.9 Å². The zero-order chi connectivity index (χ0) is 14.0. The molecule has 1 aliphatic heterocycles. The Hall–Kier alpha value is -1.07. The lowest BCUT2D eigenvalue weighted by atomic mass is 10.1. The average molecular weight is 284 g/mol. The molecule has 19 heavy (non-hydrogen) atoms. The zero-order valence-electron chi connectivity index (χ0n) is 11.0. The first-order valence-electron chi connectivity index (χ1n) is 6.31. The van der Waals surface area contributed by atoms with E-state index in [1.54, 1.807) is 6.92 Å². The highest BCUT2D eigenvalue weighted by Gasteiger charge is 2.35. The van der Waals surface area contributed by atoms with Gasteiger partial charge in [0.15, 0.2) is 5.78 Å². The van der Waals surface area contributed by atoms with E-state index in [1.807, 2.05) is 6.92 Å². The molecule has 1 fully saturated rings. The van der Waals surface area contributed by atoms with E-state index in [4.69, 9.17) is 4.74 Å². The normalized spacial score (nSPS) is 26.1. The van der Waals surface area contributed by atoms with E-state index < -0.39 is 16.0 Å². The summed E-state index contributed by atoms with van der Waals surface area (Å²) in [6.07, 6.45) is 0.638. The summed E-state index contributed by atoms with van der Waals surface area (Å²) in [4.78, 5) is 12.2. The number of hydrogen-bond donors (Lipinski definition) is 0. The molecule has 0 bridgehead atoms. The van der Waals surface area contributed by atoms with Crippen LogP contribution in [0.4, 0.5) is 4.39 Å². The monoisotopic (exact) mass is 284 g/mol. The van der Waals surface area contributed by atoms with Crippen LogP contribution in [0.1, 0.15) is 30.6 Å². The van der Waals surface area contributed by atoms with Gasteiger partial charge >= 0.3 is 0 Å². The molecular weight excluding hydrogens is 267 g/mol. The minimum atomic E-state index is -1.27. The third-order valence-corrected chi connectivity index (χ3v) is 5.58. The van der Waals surface area contributed by atoms with Gasteiger partial charge in [0.05, 0.1) is 16.6 Å². The van der Waals surface area contributed by atoms with Gasteiger partial charge in [0.1, 0.15) is 5.82 Å². The molecule has 4 unspecified atom stereocenters. The average Bonchev–Trinajstić information content (AvgIpc) is 2.83. The molecule has 1 aromatic carbocycles. The van der Waals surface area contributed by atoms with Gasteiger partial charge in [-0.1, -0.05) is 0 Å². The van der Waals surface area contributed by atoms with E-state index in [2.05, 4.69) is 0 Å². The molecule has 1 aromatic rings. The summed E-state index contributed by atoms with van der Waals surface area (Å²) < 4.78 is 30.6. The van der Waals surface area contributed by atoms with Crippen LogP contribution < -0.4 is 0 Å². The molecule has 4 atom stereocenters. The van der Waals surface area contributed by atoms with Crippen molar-refractivity contribution in [1.29, 1.82) is 0 Å². The van der Waals surface area contributed by atoms with E-state index in [9.17, 15) is 13.4 Å². The third kappa shape index (κ3) is 3.09. The Labute approximate surface area is 114 Å². The molecule has 0 saturated carbocycles. The first-order valence-corrected chi connectivity index (χ1v) is 7.59. The van der Waals surface area contributed by atoms with Gasteiger partial charge in [-0.25, -0.2) is 4.39 Å². The quantitative estimate of drug-likeness (QED) is 0.797. The highest BCUT2D eigenvalue weighted by atomic mass is 32.2. The molecule has 104 valence electrons. The van der Waals surface area contributed by atoms with Gasteiger partial charge in [-0.3, -0.25) is 9.00 Å². The number of benzene rings is 1. The minimum Gasteiger partial charge on any atom is -0.377 e. The minimum absolute atomic E-state index is 0.0794. The number of ketones is 1. The molecule has 0 aliphatic carbocycles. The second-order valence-electron chi connectivity index (χ2n) is 4.74. The van der Waals surface area contributed by atoms with Crippen LogP contribution in [0, 0.1) is 5.82 Å². The van der Waals surface area contributed by atoms with Gasteiger partial charge in [-0.15, -0.1) is 0 Å². The first-order chi connectivity index (χ1) is 9.00. The van der Waals surface area contributed by atoms with E-state index in [0.29, 0.717) is 12.2 Å². The van der Waals surface area contributed by atoms with Crippen molar-refractivity contribution in [2.75, 3.05) is 6.61 Å². The van der Waals surface area contributed by atoms with Crippen LogP contribution in [0.15, 0.2) is 24.3 Å². The number of carbonyl (C=O) groups excluding carboxylic acids is 1. The number of carbonyl (C=O) groups is 1. The Balaban J connectivity index is 2.10. The molecule has 0 spiro atoms. The highest BCUT2D eigenvalue weighted by molar-refractivity contribution is 7.87. The Morgan fingerprint density at radius 2 is 2.05 bits per heavy atom. The Morgan fingerprint density at radius 1 is 1.42 bits per heavy atom. The third-order valence-electron chi connectivity index (χ3n) is 3.45. The fourth-order valence-electron chi connectivity index (χ4n) is 2.23. The lowest BCUT2D eigenvalue weighted by Gasteiger charge is -2.18. The highest BCUT2D eigenvalue weighted by Crippen LogP contribution is 2.22. The summed E-state index contributed by atoms with van der Waals surface area (Å²) in [6.45, 7) is 4.13. The summed E-state index contributed by atoms with van der Waals surface area (Å²) in [5.74, 6) is -0.597. The molecule has 0 N–H and O–H groups in total. The molecule has 5 heteroatoms. The van der Waals surface area contributed by atoms with E-state index >= 15 is 0 Å². The van der Waals surface area contributed by atoms with Crippen molar-refractivity contribution in [3.63, 3.8) is 0 Å². The summed E-state index contributed by atoms with van der Waals surface area (Å²) in [7, 11) is -1.27. The van der Waals surface area contributed by atoms with Crippen molar-refractivity contribution < 1.29 is 18.1 Å². The smallest absolute Gasteiger partial charge is 0.178 e. The molecule has 0 aromatic heterocycles. The van der Waals surface area contributed by atoms with Crippen LogP contribution in [0.2, 0.25) is 0 Å². The van der Waals surface area contributed by atoms with Gasteiger partial charge in [0.25, 0.3) is 0 Å². The number of ether oxygens (including phenoxy) is 1. The maximum atomic E-state index is 12.8. The fourth-order valence-corrected chi connectivity index (χ4v) is 3.89. The summed E-state index contributed by atoms with van der Waals surface area (Å²) in [6, 6.07) is 5.34. The van der Waals surface area contributed by atoms with Crippen molar-refractivity contribution >= 4 is 16.6 Å². The fraction of sp³-hybridized carbons (Fsp3) is 0.500. The molecule has 1 aliphatic rings. The molecule has 0 radical (unpaired) electrons. The summed E-state index contributed by atoms with van der Waals surface area (Å²) in [5, 5.41) is -0.695. The molecule has 0 amide bonds. The van der Waals surface area contributed by atoms with Crippen molar-refractivity contribution in [2.24, 2.45) is 0 Å². The molecule has 1 saturated heterocycles. The Morgan fingerprint density at radius 3 is 2.58 bits per heavy atom. The van der Waals surface area contributed by atoms with Crippen LogP contribution in [0.3, 0.4) is 0 Å². The second kappa shape index (κ2) is 5.92. The topological polar surface area (TPSA) is 43.4 Å². The standard InChI is InChI=1S/C14H17FO3S/c1-9-13(7-8-18-9)19(17)10(2)14(16)11-3-5-12(15)6-4-11/h3-6,9-10,13H,7-8H2,1-2H3. The van der Waals surface area contributed by atoms with E-state index in [1.165, 1.54) is 24.3 Å². The lowest BCUT2D eigenvalue weighted by molar-refractivity contribution is 0.0991. The molecule has 2 rings (SSSR count). The van der Waals surface area contributed by atoms with Gasteiger partial charge in [0.2, 0.25) is 0 Å². The molecular formula is C14H17FO3S. The van der Waals surface area contributed by atoms with Crippen molar-refractivity contribution in [1.82, 2.24) is 0 Å². The summed E-state index contributed by atoms with van der Waals surface area (Å²) >= 11 is 0. The number of halogens is 1. The van der Waals surface area contributed by atoms with Gasteiger partial charge in [-0.05, 0) is 44.5 Å². The Bertz CT molecular complexity index is 486. The van der Waals surface area contributed by atoms with Crippen LogP contribution in [0.25, 0.3) is 0 Å². The summed E-state index contributed by atoms with van der Waals surface area (Å²) in [5.41, 5.74) is 0.397. The Kier molecular flexibility index (Phi) is 4.47. The van der Waals surface area contributed by atoms with Crippen molar-refractivity contribution in [3.05, 3.63) is 35.6 Å². The van der Waals surface area contributed by atoms with Gasteiger partial charge in [0, 0.05) is 23.0 Å². The van der Waals surface area contributed by atoms with Gasteiger partial charge in [-0.2, -0.15) is 0 Å². The number of Topliss-reactive ketones (excluding diaryl/α,β-unsaturated/α-hetero) is 1. The van der Waals surface area contributed by atoms with Crippen LogP contribution in [-0.2, 0) is 15.5 Å². The second-order valence-corrected chi connectivity index (χ2v) is 6.71. The van der Waals surface area contributed by atoms with Crippen molar-refractivity contribution in [3.8, 4) is 0 Å². The maximum absolute atomic E-state index is 12.8. The predicted molar refractivity (Wildman–Crippen MR) is 72.2 cm³/mol. The van der Waals surface area contributed by atoms with E-state index in [-0.39, 0.29) is 23.0 Å². The molecule has 1 heterocycles. The maximum Gasteiger partial charge on any atom is 0.178 e. The van der Waals surface area contributed by atoms with Gasteiger partial charge < -0.3 is 4.74 Å². The predicted octanol–water partition coefficient (Wildman–Crippen LogP) is 2.32. The van der Waals surface area contributed by atoms with Crippen LogP contribution in [0.5, 0.6) is 0 Å². The van der Waals surface area contributed by atoms with Crippen LogP contribution in [-0.4, -0.2) is 33.2 Å². The first kappa shape index (κ1) is 14.3. The number of hydrogen-bond acceptors (Lipinski definition) is 3. The molecule has 3 nitrogen and oxygen atoms in total. The number of rotatable bonds is 4. The SMILES string of the molecule is CC1OCCC1S(=O)C(C)C(=O)c1ccc(F)cc1. The zero-order valence-corrected chi connectivity index (χ0v) is 11.8. The lowest BCUT2D eigenvalue weighted by Crippen LogP contribution is -2.34. The van der Waals surface area contributed by atoms with E-state index in [0.717, 1.165) is 6.42 Å². The van der Waals surface area contributed by atoms with Crippen LogP contribution >= 0.6 is 0 Å².